The van der Waals surface area contributed by atoms with E-state index in [0.717, 1.165) is 16.7 Å². The molecule has 1 fully saturated rings. The van der Waals surface area contributed by atoms with Gasteiger partial charge in [0.2, 0.25) is 0 Å². The van der Waals surface area contributed by atoms with Gasteiger partial charge in [-0.3, -0.25) is 0 Å². The summed E-state index contributed by atoms with van der Waals surface area (Å²) in [5.74, 6) is -0.538. The van der Waals surface area contributed by atoms with Crippen LogP contribution in [0.1, 0.15) is 44.4 Å². The Bertz CT molecular complexity index is 1530. The van der Waals surface area contributed by atoms with Crippen LogP contribution in [-0.4, -0.2) is 76.0 Å². The van der Waals surface area contributed by atoms with Crippen molar-refractivity contribution in [1.29, 1.82) is 0 Å². The minimum atomic E-state index is -2.41. The molecule has 1 heterocycles. The molecule has 0 unspecified atom stereocenters. The van der Waals surface area contributed by atoms with Crippen LogP contribution in [0.5, 0.6) is 0 Å². The SMILES string of the molecule is CCOC(=O)/C=C/[C@@H](O)[C@@H](/C=C/[C@H]1O[C@H](OC)[C@H](OCc2ccccc2)[C@@H](OCc2ccccc2)[C@@H]1OCc1ccccc1)O[Si](C)(C)C(C)(C)C. The summed E-state index contributed by atoms with van der Waals surface area (Å²) in [6.45, 7) is 13.5. The number of carbonyl (C=O) groups excluding carboxylic acids is 1. The van der Waals surface area contributed by atoms with E-state index in [1.165, 1.54) is 12.2 Å². The monoisotopic (exact) mass is 732 g/mol. The van der Waals surface area contributed by atoms with E-state index in [9.17, 15) is 9.90 Å². The lowest BCUT2D eigenvalue weighted by Crippen LogP contribution is -2.60. The second-order valence-corrected chi connectivity index (χ2v) is 19.1. The van der Waals surface area contributed by atoms with Crippen molar-refractivity contribution in [3.05, 3.63) is 132 Å². The fraction of sp³-hybridized carbons (Fsp3) is 0.452. The highest BCUT2D eigenvalue weighted by Gasteiger charge is 2.48. The fourth-order valence-corrected chi connectivity index (χ4v) is 6.72. The number of aliphatic hydroxyl groups excluding tert-OH is 1. The van der Waals surface area contributed by atoms with Crippen LogP contribution >= 0.6 is 0 Å². The third kappa shape index (κ3) is 12.3. The smallest absolute Gasteiger partial charge is 0.330 e. The van der Waals surface area contributed by atoms with E-state index in [-0.39, 0.29) is 11.6 Å². The Morgan fingerprint density at radius 1 is 0.788 bits per heavy atom. The fourth-order valence-electron chi connectivity index (χ4n) is 5.47. The molecular weight excluding hydrogens is 677 g/mol. The molecule has 0 aliphatic carbocycles. The highest BCUT2D eigenvalue weighted by Crippen LogP contribution is 2.38. The molecular formula is C42H56O9Si. The lowest BCUT2D eigenvalue weighted by atomic mass is 9.96. The molecule has 1 aliphatic rings. The van der Waals surface area contributed by atoms with Crippen LogP contribution in [0.25, 0.3) is 0 Å². The van der Waals surface area contributed by atoms with Crippen molar-refractivity contribution in [2.45, 2.75) is 109 Å². The van der Waals surface area contributed by atoms with E-state index < -0.39 is 57.2 Å². The summed E-state index contributed by atoms with van der Waals surface area (Å²) in [6.07, 6.45) is 0.858. The van der Waals surface area contributed by atoms with Crippen molar-refractivity contribution in [1.82, 2.24) is 0 Å². The lowest BCUT2D eigenvalue weighted by molar-refractivity contribution is -0.309. The van der Waals surface area contributed by atoms with Gasteiger partial charge in [-0.05, 0) is 47.8 Å². The highest BCUT2D eigenvalue weighted by atomic mass is 28.4. The number of rotatable bonds is 18. The molecule has 52 heavy (non-hydrogen) atoms. The van der Waals surface area contributed by atoms with Gasteiger partial charge in [-0.15, -0.1) is 0 Å². The van der Waals surface area contributed by atoms with Gasteiger partial charge in [-0.2, -0.15) is 0 Å². The molecule has 0 spiro atoms. The van der Waals surface area contributed by atoms with Gasteiger partial charge in [0, 0.05) is 13.2 Å². The van der Waals surface area contributed by atoms with Crippen molar-refractivity contribution in [2.24, 2.45) is 0 Å². The number of esters is 1. The minimum Gasteiger partial charge on any atom is -0.463 e. The summed E-state index contributed by atoms with van der Waals surface area (Å²) >= 11 is 0. The maximum Gasteiger partial charge on any atom is 0.330 e. The zero-order chi connectivity index (χ0) is 37.6. The van der Waals surface area contributed by atoms with Crippen LogP contribution in [0, 0.1) is 0 Å². The Hall–Kier alpha value is -3.45. The molecule has 0 amide bonds. The molecule has 282 valence electrons. The van der Waals surface area contributed by atoms with E-state index in [1.54, 1.807) is 20.1 Å². The van der Waals surface area contributed by atoms with E-state index in [1.807, 2.05) is 97.1 Å². The average molecular weight is 733 g/mol. The van der Waals surface area contributed by atoms with Gasteiger partial charge in [0.1, 0.15) is 30.5 Å². The highest BCUT2D eigenvalue weighted by molar-refractivity contribution is 6.74. The van der Waals surface area contributed by atoms with Crippen molar-refractivity contribution in [3.63, 3.8) is 0 Å². The predicted molar refractivity (Wildman–Crippen MR) is 204 cm³/mol. The number of aliphatic hydroxyl groups is 1. The van der Waals surface area contributed by atoms with Gasteiger partial charge in [0.05, 0.1) is 32.5 Å². The molecule has 1 saturated heterocycles. The topological polar surface area (TPSA) is 102 Å². The first-order valence-electron chi connectivity index (χ1n) is 18.0. The van der Waals surface area contributed by atoms with Gasteiger partial charge < -0.3 is 38.0 Å². The van der Waals surface area contributed by atoms with Crippen LogP contribution < -0.4 is 0 Å². The van der Waals surface area contributed by atoms with Crippen LogP contribution in [0.4, 0.5) is 0 Å². The molecule has 3 aromatic rings. The number of benzene rings is 3. The Labute approximate surface area is 310 Å². The van der Waals surface area contributed by atoms with Crippen molar-refractivity contribution in [2.75, 3.05) is 13.7 Å². The number of carbonyl (C=O) groups is 1. The first kappa shape index (κ1) is 41.3. The first-order chi connectivity index (χ1) is 24.9. The molecule has 0 saturated carbocycles. The normalized spacial score (nSPS) is 22.4. The standard InChI is InChI=1S/C42H56O9Si/c1-8-46-37(44)27-24-34(43)35(51-52(6,7)42(2,3)4)25-26-36-38(47-28-31-18-12-9-13-19-31)39(48-29-32-20-14-10-15-21-32)40(41(45-5)50-36)49-30-33-22-16-11-17-23-33/h9-27,34-36,38-41,43H,8,28-30H2,1-7H3/b26-25+,27-24+/t34-,35-,36-,38-,39+,40-,41+/m1/s1. The summed E-state index contributed by atoms with van der Waals surface area (Å²) in [5, 5.41) is 11.2. The summed E-state index contributed by atoms with van der Waals surface area (Å²) in [4.78, 5) is 12.1. The minimum absolute atomic E-state index is 0.146. The Morgan fingerprint density at radius 2 is 1.27 bits per heavy atom. The van der Waals surface area contributed by atoms with E-state index in [0.29, 0.717) is 19.8 Å². The molecule has 0 aromatic heterocycles. The Kier molecular flexibility index (Phi) is 16.0. The van der Waals surface area contributed by atoms with Gasteiger partial charge >= 0.3 is 5.97 Å². The summed E-state index contributed by atoms with van der Waals surface area (Å²) in [6, 6.07) is 29.8. The number of hydrogen-bond acceptors (Lipinski definition) is 9. The molecule has 0 bridgehead atoms. The molecule has 9 nitrogen and oxygen atoms in total. The number of hydrogen-bond donors (Lipinski definition) is 1. The predicted octanol–water partition coefficient (Wildman–Crippen LogP) is 7.54. The van der Waals surface area contributed by atoms with Gasteiger partial charge in [-0.25, -0.2) is 4.79 Å². The first-order valence-corrected chi connectivity index (χ1v) is 20.9. The van der Waals surface area contributed by atoms with Crippen molar-refractivity contribution in [3.8, 4) is 0 Å². The van der Waals surface area contributed by atoms with Crippen LogP contribution in [0.15, 0.2) is 115 Å². The van der Waals surface area contributed by atoms with E-state index >= 15 is 0 Å². The van der Waals surface area contributed by atoms with Crippen LogP contribution in [0.3, 0.4) is 0 Å². The third-order valence-electron chi connectivity index (χ3n) is 9.40. The average Bonchev–Trinajstić information content (AvgIpc) is 3.14. The molecule has 0 radical (unpaired) electrons. The lowest BCUT2D eigenvalue weighted by Gasteiger charge is -2.45. The van der Waals surface area contributed by atoms with Crippen LogP contribution in [-0.2, 0) is 57.5 Å². The van der Waals surface area contributed by atoms with Crippen LogP contribution in [0.2, 0.25) is 18.1 Å². The Morgan fingerprint density at radius 3 is 1.73 bits per heavy atom. The molecule has 3 aromatic carbocycles. The zero-order valence-corrected chi connectivity index (χ0v) is 32.6. The number of methoxy groups -OCH3 is 1. The van der Waals surface area contributed by atoms with Gasteiger partial charge in [0.25, 0.3) is 0 Å². The second kappa shape index (κ2) is 20.1. The molecule has 10 heteroatoms. The van der Waals surface area contributed by atoms with Gasteiger partial charge in [0.15, 0.2) is 14.6 Å². The quantitative estimate of drug-likeness (QED) is 0.0615. The maximum atomic E-state index is 12.1. The maximum absolute atomic E-state index is 12.1. The Balaban J connectivity index is 1.72. The number of ether oxygens (including phenoxy) is 6. The largest absolute Gasteiger partial charge is 0.463 e. The summed E-state index contributed by atoms with van der Waals surface area (Å²) < 4.78 is 44.3. The summed E-state index contributed by atoms with van der Waals surface area (Å²) in [7, 11) is -0.826. The third-order valence-corrected chi connectivity index (χ3v) is 13.9. The van der Waals surface area contributed by atoms with Gasteiger partial charge in [-0.1, -0.05) is 124 Å². The van der Waals surface area contributed by atoms with Crippen molar-refractivity contribution < 1.29 is 42.7 Å². The van der Waals surface area contributed by atoms with E-state index in [2.05, 4.69) is 33.9 Å². The molecule has 1 aliphatic heterocycles. The molecule has 4 rings (SSSR count). The second-order valence-electron chi connectivity index (χ2n) is 14.3. The van der Waals surface area contributed by atoms with E-state index in [4.69, 9.17) is 32.8 Å². The summed E-state index contributed by atoms with van der Waals surface area (Å²) in [5.41, 5.74) is 2.98. The molecule has 7 atom stereocenters. The van der Waals surface area contributed by atoms with Crippen molar-refractivity contribution >= 4 is 14.3 Å². The zero-order valence-electron chi connectivity index (χ0n) is 31.6. The molecule has 1 N–H and O–H groups in total.